The summed E-state index contributed by atoms with van der Waals surface area (Å²) in [7, 11) is 0. The number of carbonyl (C=O) groups is 1. The molecule has 2 N–H and O–H groups in total. The van der Waals surface area contributed by atoms with Crippen LogP contribution in [0.5, 0.6) is 0 Å². The SMILES string of the molecule is CCOC(=O)NSCNc1cccnc1. The van der Waals surface area contributed by atoms with Crippen LogP contribution in [0, 0.1) is 0 Å². The Labute approximate surface area is 92.7 Å². The summed E-state index contributed by atoms with van der Waals surface area (Å²) in [6.45, 7) is 2.14. The van der Waals surface area contributed by atoms with Gasteiger partial charge in [0.05, 0.1) is 18.2 Å². The molecule has 5 nitrogen and oxygen atoms in total. The molecule has 1 amide bonds. The number of hydrogen-bond donors (Lipinski definition) is 2. The summed E-state index contributed by atoms with van der Waals surface area (Å²) in [4.78, 5) is 14.8. The van der Waals surface area contributed by atoms with Gasteiger partial charge in [0.15, 0.2) is 0 Å². The van der Waals surface area contributed by atoms with Gasteiger partial charge in [-0.1, -0.05) is 0 Å². The standard InChI is InChI=1S/C9H13N3O2S/c1-2-14-9(13)12-15-7-11-8-4-3-5-10-6-8/h3-6,11H,2,7H2,1H3,(H,12,13). The highest BCUT2D eigenvalue weighted by Gasteiger charge is 1.98. The molecule has 0 aromatic carbocycles. The molecular weight excluding hydrogens is 214 g/mol. The number of rotatable bonds is 5. The van der Waals surface area contributed by atoms with Crippen molar-refractivity contribution < 1.29 is 9.53 Å². The molecule has 6 heteroatoms. The smallest absolute Gasteiger partial charge is 0.417 e. The fourth-order valence-electron chi connectivity index (χ4n) is 0.842. The number of nitrogens with zero attached hydrogens (tertiary/aromatic N) is 1. The second-order valence-corrected chi connectivity index (χ2v) is 3.31. The van der Waals surface area contributed by atoms with Crippen LogP contribution in [0.1, 0.15) is 6.92 Å². The van der Waals surface area contributed by atoms with Gasteiger partial charge in [-0.25, -0.2) is 4.79 Å². The maximum absolute atomic E-state index is 10.9. The average molecular weight is 227 g/mol. The van der Waals surface area contributed by atoms with E-state index in [1.54, 1.807) is 19.3 Å². The van der Waals surface area contributed by atoms with Crippen LogP contribution in [-0.4, -0.2) is 23.6 Å². The molecule has 0 saturated heterocycles. The zero-order valence-electron chi connectivity index (χ0n) is 8.40. The van der Waals surface area contributed by atoms with Crippen LogP contribution < -0.4 is 10.0 Å². The quantitative estimate of drug-likeness (QED) is 0.456. The number of pyridine rings is 1. The van der Waals surface area contributed by atoms with Gasteiger partial charge in [-0.2, -0.15) is 0 Å². The van der Waals surface area contributed by atoms with E-state index in [0.29, 0.717) is 12.5 Å². The lowest BCUT2D eigenvalue weighted by Crippen LogP contribution is -2.18. The van der Waals surface area contributed by atoms with Crippen LogP contribution in [0.15, 0.2) is 24.5 Å². The van der Waals surface area contributed by atoms with Crippen molar-refractivity contribution in [2.75, 3.05) is 17.8 Å². The summed E-state index contributed by atoms with van der Waals surface area (Å²) in [5.74, 6) is 0.560. The van der Waals surface area contributed by atoms with Crippen LogP contribution in [0.25, 0.3) is 0 Å². The summed E-state index contributed by atoms with van der Waals surface area (Å²) in [6, 6.07) is 3.74. The molecule has 0 saturated carbocycles. The van der Waals surface area contributed by atoms with E-state index in [9.17, 15) is 4.79 Å². The van der Waals surface area contributed by atoms with Crippen LogP contribution >= 0.6 is 11.9 Å². The third-order valence-electron chi connectivity index (χ3n) is 1.44. The van der Waals surface area contributed by atoms with Gasteiger partial charge >= 0.3 is 6.09 Å². The Kier molecular flexibility index (Phi) is 5.39. The fraction of sp³-hybridized carbons (Fsp3) is 0.333. The average Bonchev–Trinajstić information content (AvgIpc) is 2.26. The Balaban J connectivity index is 2.10. The van der Waals surface area contributed by atoms with Gasteiger partial charge in [0.25, 0.3) is 0 Å². The fourth-order valence-corrected chi connectivity index (χ4v) is 1.33. The van der Waals surface area contributed by atoms with Gasteiger partial charge in [0.2, 0.25) is 0 Å². The Morgan fingerprint density at radius 3 is 3.20 bits per heavy atom. The first-order valence-electron chi connectivity index (χ1n) is 4.51. The molecular formula is C9H13N3O2S. The summed E-state index contributed by atoms with van der Waals surface area (Å²) in [6.07, 6.45) is 3.00. The van der Waals surface area contributed by atoms with E-state index in [-0.39, 0.29) is 0 Å². The molecule has 0 bridgehead atoms. The number of anilines is 1. The number of aromatic nitrogens is 1. The molecule has 82 valence electrons. The van der Waals surface area contributed by atoms with Crippen molar-refractivity contribution in [2.45, 2.75) is 6.92 Å². The normalized spacial score (nSPS) is 9.40. The third kappa shape index (κ3) is 5.11. The first-order chi connectivity index (χ1) is 7.33. The first-order valence-corrected chi connectivity index (χ1v) is 5.50. The Bertz CT molecular complexity index is 295. The topological polar surface area (TPSA) is 63.2 Å². The van der Waals surface area contributed by atoms with Crippen LogP contribution in [0.3, 0.4) is 0 Å². The molecule has 0 unspecified atom stereocenters. The van der Waals surface area contributed by atoms with Crippen LogP contribution in [0.2, 0.25) is 0 Å². The molecule has 1 heterocycles. The van der Waals surface area contributed by atoms with Crippen molar-refractivity contribution in [2.24, 2.45) is 0 Å². The van der Waals surface area contributed by atoms with Crippen molar-refractivity contribution in [1.82, 2.24) is 9.71 Å². The van der Waals surface area contributed by atoms with Gasteiger partial charge < -0.3 is 10.1 Å². The van der Waals surface area contributed by atoms with Crippen molar-refractivity contribution in [3.05, 3.63) is 24.5 Å². The van der Waals surface area contributed by atoms with Crippen molar-refractivity contribution in [3.8, 4) is 0 Å². The van der Waals surface area contributed by atoms with E-state index >= 15 is 0 Å². The summed E-state index contributed by atoms with van der Waals surface area (Å²) in [5, 5.41) is 3.07. The highest BCUT2D eigenvalue weighted by atomic mass is 32.2. The van der Waals surface area contributed by atoms with E-state index in [0.717, 1.165) is 5.69 Å². The zero-order chi connectivity index (χ0) is 10.9. The van der Waals surface area contributed by atoms with Gasteiger partial charge in [0.1, 0.15) is 0 Å². The van der Waals surface area contributed by atoms with E-state index in [1.165, 1.54) is 11.9 Å². The zero-order valence-corrected chi connectivity index (χ0v) is 9.21. The summed E-state index contributed by atoms with van der Waals surface area (Å²) in [5.41, 5.74) is 0.913. The predicted octanol–water partition coefficient (Wildman–Crippen LogP) is 1.85. The largest absolute Gasteiger partial charge is 0.449 e. The van der Waals surface area contributed by atoms with Crippen molar-refractivity contribution in [1.29, 1.82) is 0 Å². The molecule has 0 aliphatic rings. The lowest BCUT2D eigenvalue weighted by molar-refractivity contribution is 0.159. The van der Waals surface area contributed by atoms with E-state index < -0.39 is 6.09 Å². The van der Waals surface area contributed by atoms with Crippen LogP contribution in [-0.2, 0) is 4.74 Å². The monoisotopic (exact) mass is 227 g/mol. The first kappa shape index (κ1) is 11.6. The molecule has 0 aliphatic carbocycles. The Morgan fingerprint density at radius 2 is 2.53 bits per heavy atom. The molecule has 0 radical (unpaired) electrons. The Morgan fingerprint density at radius 1 is 1.67 bits per heavy atom. The summed E-state index contributed by atoms with van der Waals surface area (Å²) >= 11 is 1.23. The van der Waals surface area contributed by atoms with Crippen LogP contribution in [0.4, 0.5) is 10.5 Å². The lowest BCUT2D eigenvalue weighted by atomic mass is 10.4. The van der Waals surface area contributed by atoms with E-state index in [2.05, 4.69) is 19.8 Å². The minimum Gasteiger partial charge on any atom is -0.449 e. The predicted molar refractivity (Wildman–Crippen MR) is 60.5 cm³/mol. The van der Waals surface area contributed by atoms with E-state index in [4.69, 9.17) is 0 Å². The van der Waals surface area contributed by atoms with Gasteiger partial charge in [-0.05, 0) is 31.0 Å². The second kappa shape index (κ2) is 6.94. The number of ether oxygens (including phenoxy) is 1. The second-order valence-electron chi connectivity index (χ2n) is 2.53. The number of hydrogen-bond acceptors (Lipinski definition) is 5. The third-order valence-corrected chi connectivity index (χ3v) is 2.04. The molecule has 1 rings (SSSR count). The van der Waals surface area contributed by atoms with Gasteiger partial charge in [0, 0.05) is 12.4 Å². The summed E-state index contributed by atoms with van der Waals surface area (Å²) < 4.78 is 7.21. The highest BCUT2D eigenvalue weighted by molar-refractivity contribution is 7.97. The molecule has 0 fully saturated rings. The molecule has 1 aromatic rings. The highest BCUT2D eigenvalue weighted by Crippen LogP contribution is 2.04. The maximum atomic E-state index is 10.9. The molecule has 0 atom stereocenters. The minimum absolute atomic E-state index is 0.377. The minimum atomic E-state index is -0.421. The number of carbonyl (C=O) groups excluding carboxylic acids is 1. The molecule has 1 aromatic heterocycles. The lowest BCUT2D eigenvalue weighted by Gasteiger charge is -2.06. The molecule has 0 spiro atoms. The molecule has 0 aliphatic heterocycles. The molecule has 15 heavy (non-hydrogen) atoms. The maximum Gasteiger partial charge on any atom is 0.417 e. The van der Waals surface area contributed by atoms with Gasteiger partial charge in [-0.3, -0.25) is 9.71 Å². The van der Waals surface area contributed by atoms with Crippen molar-refractivity contribution in [3.63, 3.8) is 0 Å². The number of nitrogens with one attached hydrogen (secondary N) is 2. The van der Waals surface area contributed by atoms with Gasteiger partial charge in [-0.15, -0.1) is 0 Å². The Hall–Kier alpha value is -1.43. The van der Waals surface area contributed by atoms with E-state index in [1.807, 2.05) is 12.1 Å². The van der Waals surface area contributed by atoms with Crippen molar-refractivity contribution >= 4 is 23.7 Å². The number of amides is 1.